The van der Waals surface area contributed by atoms with Crippen LogP contribution in [0.3, 0.4) is 0 Å². The number of anilines is 1. The Bertz CT molecular complexity index is 488. The zero-order valence-corrected chi connectivity index (χ0v) is 12.7. The van der Waals surface area contributed by atoms with Crippen molar-refractivity contribution in [1.82, 2.24) is 4.90 Å². The first-order chi connectivity index (χ1) is 9.95. The maximum absolute atomic E-state index is 12.1. The third-order valence-corrected chi connectivity index (χ3v) is 2.96. The van der Waals surface area contributed by atoms with Gasteiger partial charge < -0.3 is 20.1 Å². The molecule has 0 aliphatic rings. The quantitative estimate of drug-likeness (QED) is 0.608. The van der Waals surface area contributed by atoms with E-state index in [-0.39, 0.29) is 31.5 Å². The summed E-state index contributed by atoms with van der Waals surface area (Å²) in [5.74, 6) is -0.0514. The minimum Gasteiger partial charge on any atom is -0.491 e. The molecule has 1 aromatic rings. The van der Waals surface area contributed by atoms with Gasteiger partial charge in [-0.05, 0) is 26.0 Å². The summed E-state index contributed by atoms with van der Waals surface area (Å²) in [6.07, 6.45) is 0.170. The van der Waals surface area contributed by atoms with Crippen LogP contribution < -0.4 is 10.5 Å². The molecule has 6 nitrogen and oxygen atoms in total. The van der Waals surface area contributed by atoms with Gasteiger partial charge in [0.25, 0.3) is 0 Å². The van der Waals surface area contributed by atoms with Crippen LogP contribution in [0.4, 0.5) is 5.69 Å². The van der Waals surface area contributed by atoms with Crippen molar-refractivity contribution >= 4 is 17.6 Å². The topological polar surface area (TPSA) is 81.9 Å². The Hall–Kier alpha value is -2.24. The van der Waals surface area contributed by atoms with Gasteiger partial charge >= 0.3 is 5.97 Å². The Balaban J connectivity index is 2.50. The Kier molecular flexibility index (Phi) is 6.52. The van der Waals surface area contributed by atoms with Crippen LogP contribution in [0.25, 0.3) is 0 Å². The number of nitrogens with zero attached hydrogens (tertiary/aromatic N) is 1. The molecule has 1 amide bonds. The van der Waals surface area contributed by atoms with Crippen LogP contribution in [0.1, 0.15) is 20.3 Å². The van der Waals surface area contributed by atoms with Gasteiger partial charge in [0.05, 0.1) is 25.8 Å². The number of rotatable bonds is 7. The van der Waals surface area contributed by atoms with E-state index in [1.165, 1.54) is 12.0 Å². The first kappa shape index (κ1) is 16.8. The number of hydrogen-bond acceptors (Lipinski definition) is 5. The van der Waals surface area contributed by atoms with Gasteiger partial charge in [0.1, 0.15) is 12.3 Å². The molecule has 21 heavy (non-hydrogen) atoms. The molecule has 6 heteroatoms. The van der Waals surface area contributed by atoms with E-state index in [0.717, 1.165) is 0 Å². The SMILES string of the molecule is COC(=O)CN(C(=O)CCOc1ccccc1N)C(C)C. The zero-order chi connectivity index (χ0) is 15.8. The fraction of sp³-hybridized carbons (Fsp3) is 0.467. The predicted octanol–water partition coefficient (Wildman–Crippen LogP) is 1.45. The van der Waals surface area contributed by atoms with Crippen molar-refractivity contribution in [3.8, 4) is 5.75 Å². The number of esters is 1. The van der Waals surface area contributed by atoms with Crippen LogP contribution in [-0.2, 0) is 14.3 Å². The Morgan fingerprint density at radius 1 is 1.29 bits per heavy atom. The number of methoxy groups -OCH3 is 1. The predicted molar refractivity (Wildman–Crippen MR) is 79.8 cm³/mol. The molecular weight excluding hydrogens is 272 g/mol. The number of para-hydroxylation sites is 2. The average molecular weight is 294 g/mol. The van der Waals surface area contributed by atoms with E-state index in [1.807, 2.05) is 26.0 Å². The van der Waals surface area contributed by atoms with Crippen LogP contribution in [0.2, 0.25) is 0 Å². The summed E-state index contributed by atoms with van der Waals surface area (Å²) >= 11 is 0. The minimum absolute atomic E-state index is 0.0551. The van der Waals surface area contributed by atoms with Crippen LogP contribution in [-0.4, -0.2) is 43.1 Å². The summed E-state index contributed by atoms with van der Waals surface area (Å²) in [7, 11) is 1.30. The van der Waals surface area contributed by atoms with Crippen LogP contribution in [0.5, 0.6) is 5.75 Å². The minimum atomic E-state index is -0.440. The fourth-order valence-electron chi connectivity index (χ4n) is 1.77. The normalized spacial score (nSPS) is 10.3. The van der Waals surface area contributed by atoms with Crippen molar-refractivity contribution in [2.45, 2.75) is 26.3 Å². The van der Waals surface area contributed by atoms with Gasteiger partial charge in [-0.2, -0.15) is 0 Å². The van der Waals surface area contributed by atoms with Crippen LogP contribution in [0.15, 0.2) is 24.3 Å². The molecule has 2 N–H and O–H groups in total. The van der Waals surface area contributed by atoms with Crippen LogP contribution >= 0.6 is 0 Å². The van der Waals surface area contributed by atoms with Gasteiger partial charge in [-0.15, -0.1) is 0 Å². The third kappa shape index (κ3) is 5.33. The zero-order valence-electron chi connectivity index (χ0n) is 12.7. The summed E-state index contributed by atoms with van der Waals surface area (Å²) in [5.41, 5.74) is 6.28. The Labute approximate surface area is 124 Å². The van der Waals surface area contributed by atoms with E-state index in [4.69, 9.17) is 10.5 Å². The van der Waals surface area contributed by atoms with Gasteiger partial charge in [-0.1, -0.05) is 12.1 Å². The molecular formula is C15H22N2O4. The molecule has 0 saturated carbocycles. The van der Waals surface area contributed by atoms with E-state index >= 15 is 0 Å². The highest BCUT2D eigenvalue weighted by atomic mass is 16.5. The van der Waals surface area contributed by atoms with Crippen molar-refractivity contribution in [3.63, 3.8) is 0 Å². The highest BCUT2D eigenvalue weighted by molar-refractivity contribution is 5.82. The number of carbonyl (C=O) groups is 2. The second-order valence-electron chi connectivity index (χ2n) is 4.83. The number of nitrogens with two attached hydrogens (primary N) is 1. The molecule has 0 bridgehead atoms. The monoisotopic (exact) mass is 294 g/mol. The molecule has 116 valence electrons. The summed E-state index contributed by atoms with van der Waals surface area (Å²) in [6, 6.07) is 7.01. The lowest BCUT2D eigenvalue weighted by atomic mass is 10.2. The second kappa shape index (κ2) is 8.14. The number of carbonyl (C=O) groups excluding carboxylic acids is 2. The number of hydrogen-bond donors (Lipinski definition) is 1. The summed E-state index contributed by atoms with van der Waals surface area (Å²) < 4.78 is 10.1. The first-order valence-corrected chi connectivity index (χ1v) is 6.79. The molecule has 0 aliphatic carbocycles. The van der Waals surface area contributed by atoms with E-state index in [2.05, 4.69) is 4.74 Å². The second-order valence-corrected chi connectivity index (χ2v) is 4.83. The van der Waals surface area contributed by atoms with Crippen molar-refractivity contribution < 1.29 is 19.1 Å². The molecule has 0 aliphatic heterocycles. The number of nitrogen functional groups attached to an aromatic ring is 1. The number of ether oxygens (including phenoxy) is 2. The lowest BCUT2D eigenvalue weighted by molar-refractivity contribution is -0.148. The third-order valence-electron chi connectivity index (χ3n) is 2.96. The maximum atomic E-state index is 12.1. The molecule has 0 radical (unpaired) electrons. The highest BCUT2D eigenvalue weighted by Gasteiger charge is 2.20. The van der Waals surface area contributed by atoms with Crippen molar-refractivity contribution in [3.05, 3.63) is 24.3 Å². The van der Waals surface area contributed by atoms with Gasteiger partial charge in [-0.25, -0.2) is 0 Å². The summed E-state index contributed by atoms with van der Waals surface area (Å²) in [4.78, 5) is 24.9. The molecule has 0 spiro atoms. The molecule has 0 heterocycles. The molecule has 0 unspecified atom stereocenters. The largest absolute Gasteiger partial charge is 0.491 e. The van der Waals surface area contributed by atoms with E-state index in [9.17, 15) is 9.59 Å². The summed E-state index contributed by atoms with van der Waals surface area (Å²) in [5, 5.41) is 0. The molecule has 0 atom stereocenters. The van der Waals surface area contributed by atoms with Gasteiger partial charge in [0.2, 0.25) is 5.91 Å². The maximum Gasteiger partial charge on any atom is 0.325 e. The van der Waals surface area contributed by atoms with Gasteiger partial charge in [-0.3, -0.25) is 9.59 Å². The van der Waals surface area contributed by atoms with Crippen molar-refractivity contribution in [2.24, 2.45) is 0 Å². The first-order valence-electron chi connectivity index (χ1n) is 6.79. The average Bonchev–Trinajstić information content (AvgIpc) is 2.45. The summed E-state index contributed by atoms with van der Waals surface area (Å²) in [6.45, 7) is 3.84. The molecule has 0 fully saturated rings. The number of amides is 1. The smallest absolute Gasteiger partial charge is 0.325 e. The Morgan fingerprint density at radius 2 is 1.95 bits per heavy atom. The highest BCUT2D eigenvalue weighted by Crippen LogP contribution is 2.19. The van der Waals surface area contributed by atoms with Crippen LogP contribution in [0, 0.1) is 0 Å². The molecule has 0 aromatic heterocycles. The van der Waals surface area contributed by atoms with Crippen molar-refractivity contribution in [2.75, 3.05) is 26.0 Å². The fourth-order valence-corrected chi connectivity index (χ4v) is 1.77. The Morgan fingerprint density at radius 3 is 2.52 bits per heavy atom. The molecule has 1 aromatic carbocycles. The molecule has 1 rings (SSSR count). The lowest BCUT2D eigenvalue weighted by Gasteiger charge is -2.25. The van der Waals surface area contributed by atoms with E-state index in [1.54, 1.807) is 12.1 Å². The number of benzene rings is 1. The standard InChI is InChI=1S/C15H22N2O4/c1-11(2)17(10-15(19)20-3)14(18)8-9-21-13-7-5-4-6-12(13)16/h4-7,11H,8-10,16H2,1-3H3. The van der Waals surface area contributed by atoms with Crippen molar-refractivity contribution in [1.29, 1.82) is 0 Å². The van der Waals surface area contributed by atoms with E-state index in [0.29, 0.717) is 11.4 Å². The van der Waals surface area contributed by atoms with E-state index < -0.39 is 5.97 Å². The lowest BCUT2D eigenvalue weighted by Crippen LogP contribution is -2.41. The van der Waals surface area contributed by atoms with Gasteiger partial charge in [0.15, 0.2) is 0 Å². The molecule has 0 saturated heterocycles. The van der Waals surface area contributed by atoms with Gasteiger partial charge in [0, 0.05) is 6.04 Å².